The Morgan fingerprint density at radius 3 is 2.67 bits per heavy atom. The van der Waals surface area contributed by atoms with E-state index in [0.717, 1.165) is 6.61 Å². The van der Waals surface area contributed by atoms with Crippen LogP contribution in [0.5, 0.6) is 0 Å². The van der Waals surface area contributed by atoms with Crippen molar-refractivity contribution in [1.82, 2.24) is 4.90 Å². The first kappa shape index (κ1) is 11.7. The quantitative estimate of drug-likeness (QED) is 0.690. The van der Waals surface area contributed by atoms with Crippen molar-refractivity contribution in [3.05, 3.63) is 0 Å². The minimum absolute atomic E-state index is 0.430. The van der Waals surface area contributed by atoms with E-state index in [9.17, 15) is 0 Å². The van der Waals surface area contributed by atoms with Gasteiger partial charge in [-0.15, -0.1) is 11.6 Å². The highest BCUT2D eigenvalue weighted by Gasteiger charge is 2.18. The second-order valence-electron chi connectivity index (χ2n) is 4.79. The Bertz CT molecular complexity index is 174. The minimum atomic E-state index is 0.430. The van der Waals surface area contributed by atoms with E-state index in [1.807, 2.05) is 0 Å². The van der Waals surface area contributed by atoms with Gasteiger partial charge in [-0.05, 0) is 58.2 Å². The number of halogens is 1. The maximum absolute atomic E-state index is 6.07. The first-order valence-corrected chi connectivity index (χ1v) is 6.76. The zero-order chi connectivity index (χ0) is 10.5. The molecule has 1 unspecified atom stereocenters. The summed E-state index contributed by atoms with van der Waals surface area (Å²) < 4.78 is 5.62. The Labute approximate surface area is 97.9 Å². The molecule has 0 aromatic heterocycles. The summed E-state index contributed by atoms with van der Waals surface area (Å²) in [7, 11) is 0. The molecular formula is C12H22ClNO. The van der Waals surface area contributed by atoms with Gasteiger partial charge in [0, 0.05) is 12.0 Å². The van der Waals surface area contributed by atoms with Crippen LogP contribution in [-0.4, -0.2) is 42.6 Å². The molecule has 2 rings (SSSR count). The number of hydrogen-bond donors (Lipinski definition) is 0. The van der Waals surface area contributed by atoms with Crippen molar-refractivity contribution in [3.8, 4) is 0 Å². The third-order valence-corrected chi connectivity index (χ3v) is 3.98. The highest BCUT2D eigenvalue weighted by atomic mass is 35.5. The lowest BCUT2D eigenvalue weighted by atomic mass is 10.1. The number of rotatable bonds is 4. The molecule has 0 spiro atoms. The number of ether oxygens (including phenoxy) is 1. The Kier molecular flexibility index (Phi) is 4.73. The van der Waals surface area contributed by atoms with Crippen molar-refractivity contribution < 1.29 is 4.74 Å². The lowest BCUT2D eigenvalue weighted by molar-refractivity contribution is 0.0976. The summed E-state index contributed by atoms with van der Waals surface area (Å²) in [4.78, 5) is 2.55. The molecule has 0 saturated carbocycles. The van der Waals surface area contributed by atoms with E-state index in [4.69, 9.17) is 16.3 Å². The van der Waals surface area contributed by atoms with E-state index in [-0.39, 0.29) is 0 Å². The third kappa shape index (κ3) is 3.93. The Hall–Kier alpha value is 0.210. The van der Waals surface area contributed by atoms with Crippen LogP contribution in [-0.2, 0) is 4.74 Å². The fourth-order valence-electron chi connectivity index (χ4n) is 2.54. The first-order valence-electron chi connectivity index (χ1n) is 6.32. The Balaban J connectivity index is 1.53. The normalized spacial score (nSPS) is 29.8. The number of likely N-dealkylation sites (tertiary alicyclic amines) is 1. The number of hydrogen-bond acceptors (Lipinski definition) is 2. The van der Waals surface area contributed by atoms with Gasteiger partial charge in [-0.3, -0.25) is 0 Å². The lowest BCUT2D eigenvalue weighted by Crippen LogP contribution is -2.35. The van der Waals surface area contributed by atoms with Crippen molar-refractivity contribution in [2.45, 2.75) is 50.0 Å². The van der Waals surface area contributed by atoms with E-state index < -0.39 is 0 Å². The Morgan fingerprint density at radius 2 is 2.00 bits per heavy atom. The molecule has 0 aromatic rings. The molecule has 0 aliphatic carbocycles. The zero-order valence-electron chi connectivity index (χ0n) is 9.46. The van der Waals surface area contributed by atoms with Crippen LogP contribution in [0.3, 0.4) is 0 Å². The largest absolute Gasteiger partial charge is 0.378 e. The molecule has 88 valence electrons. The van der Waals surface area contributed by atoms with E-state index >= 15 is 0 Å². The van der Waals surface area contributed by atoms with Gasteiger partial charge in [0.2, 0.25) is 0 Å². The molecule has 2 heterocycles. The summed E-state index contributed by atoms with van der Waals surface area (Å²) in [5.41, 5.74) is 0. The van der Waals surface area contributed by atoms with E-state index in [2.05, 4.69) is 4.90 Å². The molecule has 0 N–H and O–H groups in total. The lowest BCUT2D eigenvalue weighted by Gasteiger charge is -2.29. The maximum atomic E-state index is 6.07. The average Bonchev–Trinajstić information content (AvgIpc) is 2.74. The highest BCUT2D eigenvalue weighted by molar-refractivity contribution is 6.20. The molecular weight excluding hydrogens is 210 g/mol. The molecule has 15 heavy (non-hydrogen) atoms. The summed E-state index contributed by atoms with van der Waals surface area (Å²) in [6.07, 6.45) is 7.99. The second-order valence-corrected chi connectivity index (χ2v) is 5.41. The molecule has 0 radical (unpaired) electrons. The van der Waals surface area contributed by atoms with Crippen LogP contribution in [0.15, 0.2) is 0 Å². The summed E-state index contributed by atoms with van der Waals surface area (Å²) in [6, 6.07) is 0. The van der Waals surface area contributed by atoms with Gasteiger partial charge in [-0.2, -0.15) is 0 Å². The fraction of sp³-hybridized carbons (Fsp3) is 1.00. The van der Waals surface area contributed by atoms with Crippen LogP contribution >= 0.6 is 11.6 Å². The van der Waals surface area contributed by atoms with Gasteiger partial charge < -0.3 is 9.64 Å². The van der Waals surface area contributed by atoms with Crippen LogP contribution < -0.4 is 0 Å². The van der Waals surface area contributed by atoms with Crippen LogP contribution in [0.25, 0.3) is 0 Å². The molecule has 3 heteroatoms. The molecule has 0 bridgehead atoms. The van der Waals surface area contributed by atoms with Crippen molar-refractivity contribution in [3.63, 3.8) is 0 Å². The summed E-state index contributed by atoms with van der Waals surface area (Å²) in [5.74, 6) is 0. The van der Waals surface area contributed by atoms with E-state index in [1.165, 1.54) is 58.2 Å². The van der Waals surface area contributed by atoms with Crippen LogP contribution in [0.4, 0.5) is 0 Å². The smallest absolute Gasteiger partial charge is 0.0576 e. The highest BCUT2D eigenvalue weighted by Crippen LogP contribution is 2.19. The molecule has 2 aliphatic heterocycles. The molecule has 0 amide bonds. The number of piperidine rings is 1. The van der Waals surface area contributed by atoms with Gasteiger partial charge in [-0.25, -0.2) is 0 Å². The average molecular weight is 232 g/mol. The number of alkyl halides is 1. The second kappa shape index (κ2) is 6.07. The molecule has 2 nitrogen and oxygen atoms in total. The topological polar surface area (TPSA) is 12.5 Å². The third-order valence-electron chi connectivity index (χ3n) is 3.54. The Morgan fingerprint density at radius 1 is 1.20 bits per heavy atom. The van der Waals surface area contributed by atoms with Crippen molar-refractivity contribution in [1.29, 1.82) is 0 Å². The molecule has 1 atom stereocenters. The van der Waals surface area contributed by atoms with E-state index in [0.29, 0.717) is 11.5 Å². The number of nitrogens with zero attached hydrogens (tertiary/aromatic N) is 1. The summed E-state index contributed by atoms with van der Waals surface area (Å²) >= 11 is 6.07. The maximum Gasteiger partial charge on any atom is 0.0576 e. The predicted molar refractivity (Wildman–Crippen MR) is 63.5 cm³/mol. The van der Waals surface area contributed by atoms with Gasteiger partial charge in [-0.1, -0.05) is 0 Å². The molecule has 2 saturated heterocycles. The SMILES string of the molecule is ClC1CCN(CCCC2CCCO2)CC1. The molecule has 2 fully saturated rings. The van der Waals surface area contributed by atoms with Crippen LogP contribution in [0.1, 0.15) is 38.5 Å². The van der Waals surface area contributed by atoms with Crippen LogP contribution in [0, 0.1) is 0 Å². The van der Waals surface area contributed by atoms with Gasteiger partial charge >= 0.3 is 0 Å². The molecule has 0 aromatic carbocycles. The first-order chi connectivity index (χ1) is 7.34. The summed E-state index contributed by atoms with van der Waals surface area (Å²) in [6.45, 7) is 4.62. The van der Waals surface area contributed by atoms with Gasteiger partial charge in [0.1, 0.15) is 0 Å². The fourth-order valence-corrected chi connectivity index (χ4v) is 2.73. The van der Waals surface area contributed by atoms with Gasteiger partial charge in [0.25, 0.3) is 0 Å². The van der Waals surface area contributed by atoms with E-state index in [1.54, 1.807) is 0 Å². The van der Waals surface area contributed by atoms with Gasteiger partial charge in [0.05, 0.1) is 6.10 Å². The summed E-state index contributed by atoms with van der Waals surface area (Å²) in [5, 5.41) is 0.430. The van der Waals surface area contributed by atoms with Crippen molar-refractivity contribution in [2.24, 2.45) is 0 Å². The van der Waals surface area contributed by atoms with Gasteiger partial charge in [0.15, 0.2) is 0 Å². The van der Waals surface area contributed by atoms with Crippen LogP contribution in [0.2, 0.25) is 0 Å². The predicted octanol–water partition coefficient (Wildman–Crippen LogP) is 2.65. The van der Waals surface area contributed by atoms with Crippen molar-refractivity contribution >= 4 is 11.6 Å². The molecule has 2 aliphatic rings. The van der Waals surface area contributed by atoms with Crippen molar-refractivity contribution in [2.75, 3.05) is 26.2 Å². The monoisotopic (exact) mass is 231 g/mol. The standard InChI is InChI=1S/C12H22ClNO/c13-11-5-8-14(9-6-11)7-1-3-12-4-2-10-15-12/h11-12H,1-10H2. The minimum Gasteiger partial charge on any atom is -0.378 e. The zero-order valence-corrected chi connectivity index (χ0v) is 10.2.